The van der Waals surface area contributed by atoms with E-state index in [1.54, 1.807) is 24.3 Å². The SMILES string of the molecule is C[C@H](OC(=O)c1nn(C)c(=O)c2ccccc12)C(=O)N(C)CCC#N. The number of hydrogen-bond acceptors (Lipinski definition) is 6. The molecule has 0 bridgehead atoms. The maximum atomic E-state index is 12.5. The number of aromatic nitrogens is 2. The van der Waals surface area contributed by atoms with Crippen molar-refractivity contribution in [3.05, 3.63) is 40.3 Å². The minimum Gasteiger partial charge on any atom is -0.448 e. The molecule has 8 nitrogen and oxygen atoms in total. The van der Waals surface area contributed by atoms with E-state index in [1.807, 2.05) is 6.07 Å². The highest BCUT2D eigenvalue weighted by Gasteiger charge is 2.24. The quantitative estimate of drug-likeness (QED) is 0.746. The van der Waals surface area contributed by atoms with Crippen LogP contribution in [0.15, 0.2) is 29.1 Å². The van der Waals surface area contributed by atoms with Crippen LogP contribution in [0.3, 0.4) is 0 Å². The van der Waals surface area contributed by atoms with Gasteiger partial charge in [0, 0.05) is 26.0 Å². The zero-order chi connectivity index (χ0) is 18.6. The Kier molecular flexibility index (Phi) is 5.49. The summed E-state index contributed by atoms with van der Waals surface area (Å²) in [6, 6.07) is 8.52. The molecule has 0 fully saturated rings. The van der Waals surface area contributed by atoms with Gasteiger partial charge in [-0.15, -0.1) is 0 Å². The van der Waals surface area contributed by atoms with E-state index in [-0.39, 0.29) is 24.2 Å². The monoisotopic (exact) mass is 342 g/mol. The lowest BCUT2D eigenvalue weighted by atomic mass is 10.1. The highest BCUT2D eigenvalue weighted by molar-refractivity contribution is 6.02. The van der Waals surface area contributed by atoms with Gasteiger partial charge in [-0.2, -0.15) is 10.4 Å². The fraction of sp³-hybridized carbons (Fsp3) is 0.353. The van der Waals surface area contributed by atoms with Gasteiger partial charge in [-0.05, 0) is 13.0 Å². The number of nitriles is 1. The average molecular weight is 342 g/mol. The molecule has 0 saturated carbocycles. The summed E-state index contributed by atoms with van der Waals surface area (Å²) in [4.78, 5) is 38.0. The molecule has 130 valence electrons. The number of ether oxygens (including phenoxy) is 1. The smallest absolute Gasteiger partial charge is 0.360 e. The summed E-state index contributed by atoms with van der Waals surface area (Å²) in [5.74, 6) is -1.21. The van der Waals surface area contributed by atoms with Gasteiger partial charge in [-0.3, -0.25) is 9.59 Å². The lowest BCUT2D eigenvalue weighted by molar-refractivity contribution is -0.138. The standard InChI is InChI=1S/C17H18N4O4/c1-11(15(22)20(2)10-6-9-18)25-17(24)14-12-7-4-5-8-13(12)16(23)21(3)19-14/h4-5,7-8,11H,6,10H2,1-3H3/t11-/m0/s1. The van der Waals surface area contributed by atoms with E-state index >= 15 is 0 Å². The molecule has 0 unspecified atom stereocenters. The summed E-state index contributed by atoms with van der Waals surface area (Å²) >= 11 is 0. The zero-order valence-electron chi connectivity index (χ0n) is 14.2. The number of carbonyl (C=O) groups is 2. The molecule has 1 heterocycles. The average Bonchev–Trinajstić information content (AvgIpc) is 2.61. The number of esters is 1. The Balaban J connectivity index is 2.26. The summed E-state index contributed by atoms with van der Waals surface area (Å²) < 4.78 is 6.27. The number of likely N-dealkylation sites (N-methyl/N-ethyl adjacent to an activating group) is 1. The molecule has 0 saturated heterocycles. The van der Waals surface area contributed by atoms with Crippen molar-refractivity contribution in [2.75, 3.05) is 13.6 Å². The van der Waals surface area contributed by atoms with Crippen LogP contribution in [0.25, 0.3) is 10.8 Å². The number of fused-ring (bicyclic) bond motifs is 1. The molecule has 0 spiro atoms. The molecule has 1 aromatic carbocycles. The molecule has 0 aliphatic carbocycles. The minimum absolute atomic E-state index is 0.0305. The first-order chi connectivity index (χ1) is 11.9. The summed E-state index contributed by atoms with van der Waals surface area (Å²) in [5.41, 5.74) is -0.357. The van der Waals surface area contributed by atoms with Crippen molar-refractivity contribution < 1.29 is 14.3 Å². The van der Waals surface area contributed by atoms with E-state index in [9.17, 15) is 14.4 Å². The van der Waals surface area contributed by atoms with Crippen LogP contribution in [0, 0.1) is 11.3 Å². The molecule has 0 N–H and O–H groups in total. The highest BCUT2D eigenvalue weighted by atomic mass is 16.5. The molecular weight excluding hydrogens is 324 g/mol. The number of hydrogen-bond donors (Lipinski definition) is 0. The van der Waals surface area contributed by atoms with Crippen LogP contribution in [-0.4, -0.2) is 46.3 Å². The Bertz CT molecular complexity index is 913. The van der Waals surface area contributed by atoms with Crippen LogP contribution >= 0.6 is 0 Å². The van der Waals surface area contributed by atoms with Crippen molar-refractivity contribution in [3.8, 4) is 6.07 Å². The van der Waals surface area contributed by atoms with Gasteiger partial charge in [0.1, 0.15) is 0 Å². The van der Waals surface area contributed by atoms with Gasteiger partial charge in [-0.1, -0.05) is 18.2 Å². The van der Waals surface area contributed by atoms with Crippen molar-refractivity contribution in [2.24, 2.45) is 7.05 Å². The van der Waals surface area contributed by atoms with Crippen LogP contribution in [0.1, 0.15) is 23.8 Å². The second-order valence-electron chi connectivity index (χ2n) is 5.54. The van der Waals surface area contributed by atoms with E-state index in [1.165, 1.54) is 25.9 Å². The van der Waals surface area contributed by atoms with Gasteiger partial charge in [-0.25, -0.2) is 9.48 Å². The normalized spacial score (nSPS) is 11.6. The van der Waals surface area contributed by atoms with E-state index in [0.29, 0.717) is 10.8 Å². The predicted molar refractivity (Wildman–Crippen MR) is 89.7 cm³/mol. The van der Waals surface area contributed by atoms with E-state index in [0.717, 1.165) is 4.68 Å². The first kappa shape index (κ1) is 18.1. The summed E-state index contributed by atoms with van der Waals surface area (Å²) in [7, 11) is 2.97. The van der Waals surface area contributed by atoms with Gasteiger partial charge in [0.05, 0.1) is 17.9 Å². The second-order valence-corrected chi connectivity index (χ2v) is 5.54. The molecule has 2 rings (SSSR count). The molecule has 8 heteroatoms. The largest absolute Gasteiger partial charge is 0.448 e. The van der Waals surface area contributed by atoms with Gasteiger partial charge in [0.25, 0.3) is 11.5 Å². The summed E-state index contributed by atoms with van der Waals surface area (Å²) in [6.45, 7) is 1.70. The van der Waals surface area contributed by atoms with E-state index in [4.69, 9.17) is 10.00 Å². The molecule has 0 aliphatic heterocycles. The number of amides is 1. The summed E-state index contributed by atoms with van der Waals surface area (Å²) in [6.07, 6.45) is -0.843. The lowest BCUT2D eigenvalue weighted by Crippen LogP contribution is -2.38. The van der Waals surface area contributed by atoms with Crippen molar-refractivity contribution in [3.63, 3.8) is 0 Å². The molecule has 1 amide bonds. The maximum Gasteiger partial charge on any atom is 0.360 e. The topological polar surface area (TPSA) is 105 Å². The fourth-order valence-electron chi connectivity index (χ4n) is 2.36. The van der Waals surface area contributed by atoms with Gasteiger partial charge < -0.3 is 9.64 Å². The molecule has 0 radical (unpaired) electrons. The number of benzene rings is 1. The van der Waals surface area contributed by atoms with Crippen molar-refractivity contribution in [1.82, 2.24) is 14.7 Å². The molecule has 25 heavy (non-hydrogen) atoms. The van der Waals surface area contributed by atoms with Crippen LogP contribution in [-0.2, 0) is 16.6 Å². The highest BCUT2D eigenvalue weighted by Crippen LogP contribution is 2.15. The Morgan fingerprint density at radius 3 is 2.64 bits per heavy atom. The van der Waals surface area contributed by atoms with Gasteiger partial charge in [0.15, 0.2) is 11.8 Å². The van der Waals surface area contributed by atoms with E-state index in [2.05, 4.69) is 5.10 Å². The molecular formula is C17H18N4O4. The first-order valence-corrected chi connectivity index (χ1v) is 7.65. The Labute approximate surface area is 144 Å². The van der Waals surface area contributed by atoms with Crippen LogP contribution in [0.4, 0.5) is 0 Å². The third-order valence-electron chi connectivity index (χ3n) is 3.72. The molecule has 2 aromatic rings. The number of nitrogens with zero attached hydrogens (tertiary/aromatic N) is 4. The fourth-order valence-corrected chi connectivity index (χ4v) is 2.36. The van der Waals surface area contributed by atoms with Crippen molar-refractivity contribution >= 4 is 22.6 Å². The number of aryl methyl sites for hydroxylation is 1. The maximum absolute atomic E-state index is 12.5. The minimum atomic E-state index is -1.03. The van der Waals surface area contributed by atoms with Gasteiger partial charge in [0.2, 0.25) is 0 Å². The molecule has 1 aromatic heterocycles. The third-order valence-corrected chi connectivity index (χ3v) is 3.72. The third kappa shape index (κ3) is 3.83. The Morgan fingerprint density at radius 1 is 1.36 bits per heavy atom. The van der Waals surface area contributed by atoms with Gasteiger partial charge >= 0.3 is 5.97 Å². The Hall–Kier alpha value is -3.21. The van der Waals surface area contributed by atoms with Crippen molar-refractivity contribution in [1.29, 1.82) is 5.26 Å². The van der Waals surface area contributed by atoms with Crippen molar-refractivity contribution in [2.45, 2.75) is 19.4 Å². The van der Waals surface area contributed by atoms with Crippen LogP contribution < -0.4 is 5.56 Å². The zero-order valence-corrected chi connectivity index (χ0v) is 14.2. The predicted octanol–water partition coefficient (Wildman–Crippen LogP) is 0.851. The molecule has 0 aliphatic rings. The number of carbonyl (C=O) groups excluding carboxylic acids is 2. The lowest BCUT2D eigenvalue weighted by Gasteiger charge is -2.20. The van der Waals surface area contributed by atoms with E-state index < -0.39 is 18.0 Å². The van der Waals surface area contributed by atoms with Crippen LogP contribution in [0.5, 0.6) is 0 Å². The first-order valence-electron chi connectivity index (χ1n) is 7.65. The summed E-state index contributed by atoms with van der Waals surface area (Å²) in [5, 5.41) is 13.3. The number of rotatable bonds is 5. The second kappa shape index (κ2) is 7.57. The molecule has 1 atom stereocenters. The van der Waals surface area contributed by atoms with Crippen LogP contribution in [0.2, 0.25) is 0 Å². The Morgan fingerprint density at radius 2 is 2.00 bits per heavy atom.